The SMILES string of the molecule is c1ccc2c(c1)-c1ccccc1C21c2cc(N(c3ccc4c5ccccc5c5ccccc5c4c3)c3cccc4c3-c3ccccc3C43c4ccccc4-n4c5ccccc5c5cccc3c54)ccc2-c2c1ccc1ccccc21. The molecule has 2 heteroatoms. The first kappa shape index (κ1) is 42.8. The van der Waals surface area contributed by atoms with Gasteiger partial charge in [-0.05, 0) is 158 Å². The van der Waals surface area contributed by atoms with E-state index in [0.29, 0.717) is 0 Å². The predicted octanol–water partition coefficient (Wildman–Crippen LogP) is 19.9. The Hall–Kier alpha value is -10.3. The quantitative estimate of drug-likeness (QED) is 0.160. The van der Waals surface area contributed by atoms with E-state index in [0.717, 1.165) is 17.1 Å². The second-order valence-corrected chi connectivity index (χ2v) is 22.5. The average molecular weight is 1010 g/mol. The highest BCUT2D eigenvalue weighted by molar-refractivity contribution is 6.26. The van der Waals surface area contributed by atoms with Crippen molar-refractivity contribution in [3.8, 4) is 39.1 Å². The first-order valence-corrected chi connectivity index (χ1v) is 28.1. The number of aromatic nitrogens is 1. The number of rotatable bonds is 3. The molecular formula is C78H46N2. The zero-order valence-corrected chi connectivity index (χ0v) is 43.5. The normalized spacial score (nSPS) is 15.4. The fraction of sp³-hybridized carbons (Fsp3) is 0.0256. The molecule has 1 aromatic heterocycles. The summed E-state index contributed by atoms with van der Waals surface area (Å²) in [5.41, 5.74) is 24.2. The first-order chi connectivity index (χ1) is 39.7. The number of benzene rings is 14. The molecule has 4 aliphatic rings. The molecule has 0 saturated heterocycles. The van der Waals surface area contributed by atoms with E-state index in [9.17, 15) is 0 Å². The summed E-state index contributed by atoms with van der Waals surface area (Å²) in [7, 11) is 0. The van der Waals surface area contributed by atoms with Crippen LogP contribution in [-0.4, -0.2) is 4.57 Å². The molecule has 1 aliphatic heterocycles. The van der Waals surface area contributed by atoms with Gasteiger partial charge in [-0.3, -0.25) is 0 Å². The molecule has 0 fully saturated rings. The number of hydrogen-bond acceptors (Lipinski definition) is 1. The number of nitrogens with zero attached hydrogens (tertiary/aromatic N) is 2. The van der Waals surface area contributed by atoms with Crippen LogP contribution in [0.25, 0.3) is 104 Å². The van der Waals surface area contributed by atoms with E-state index in [1.165, 1.54) is 148 Å². The lowest BCUT2D eigenvalue weighted by molar-refractivity contribution is 0.748. The van der Waals surface area contributed by atoms with Crippen molar-refractivity contribution in [2.45, 2.75) is 10.8 Å². The van der Waals surface area contributed by atoms with Crippen molar-refractivity contribution in [3.63, 3.8) is 0 Å². The van der Waals surface area contributed by atoms with E-state index in [-0.39, 0.29) is 0 Å². The zero-order valence-electron chi connectivity index (χ0n) is 43.5. The van der Waals surface area contributed by atoms with Crippen molar-refractivity contribution in [1.82, 2.24) is 4.57 Å². The number of fused-ring (bicyclic) bond motifs is 30. The standard InChI is InChI=1S/C78H46N2/c1-2-20-50-47(19-1)39-44-68-74(50)61-43-41-49(46-70(61)77(68)63-30-11-7-25-56(63)57-26-8-12-31-64(57)77)79(48-40-42-55-53-23-4-3-21-51(53)52-22-5-6-24-54(52)62(55)45-48)73-38-18-34-67-75(73)60-28-9-13-32-65(60)78(67)66-33-14-16-37-72(66)80-71-36-15-10-27-58(71)59-29-17-35-69(78)76(59)80/h1-46H. The molecule has 80 heavy (non-hydrogen) atoms. The van der Waals surface area contributed by atoms with Crippen LogP contribution in [-0.2, 0) is 10.8 Å². The van der Waals surface area contributed by atoms with Crippen molar-refractivity contribution in [1.29, 1.82) is 0 Å². The number of anilines is 3. The van der Waals surface area contributed by atoms with Crippen LogP contribution in [0.2, 0.25) is 0 Å². The lowest BCUT2D eigenvalue weighted by atomic mass is 9.65. The van der Waals surface area contributed by atoms with Crippen molar-refractivity contribution in [2.24, 2.45) is 0 Å². The van der Waals surface area contributed by atoms with Gasteiger partial charge >= 0.3 is 0 Å². The van der Waals surface area contributed by atoms with E-state index in [1.807, 2.05) is 0 Å². The van der Waals surface area contributed by atoms with Crippen molar-refractivity contribution in [3.05, 3.63) is 324 Å². The molecule has 0 amide bonds. The maximum absolute atomic E-state index is 2.62. The maximum atomic E-state index is 2.62. The minimum absolute atomic E-state index is 0.555. The second kappa shape index (κ2) is 15.3. The van der Waals surface area contributed by atoms with E-state index in [4.69, 9.17) is 0 Å². The Kier molecular flexibility index (Phi) is 8.16. The summed E-state index contributed by atoms with van der Waals surface area (Å²) in [4.78, 5) is 2.62. The molecule has 1 atom stereocenters. The van der Waals surface area contributed by atoms with Crippen LogP contribution >= 0.6 is 0 Å². The largest absolute Gasteiger partial charge is 0.310 e. The van der Waals surface area contributed by atoms with Crippen molar-refractivity contribution >= 4 is 82.0 Å². The van der Waals surface area contributed by atoms with E-state index in [1.54, 1.807) is 0 Å². The lowest BCUT2D eigenvalue weighted by Crippen LogP contribution is -2.33. The maximum Gasteiger partial charge on any atom is 0.0755 e. The van der Waals surface area contributed by atoms with Crippen molar-refractivity contribution < 1.29 is 0 Å². The van der Waals surface area contributed by atoms with E-state index < -0.39 is 10.8 Å². The molecular weight excluding hydrogens is 965 g/mol. The van der Waals surface area contributed by atoms with Gasteiger partial charge in [0.2, 0.25) is 0 Å². The van der Waals surface area contributed by atoms with Crippen LogP contribution in [0.5, 0.6) is 0 Å². The highest BCUT2D eigenvalue weighted by atomic mass is 15.1. The minimum Gasteiger partial charge on any atom is -0.310 e. The molecule has 14 aromatic carbocycles. The fourth-order valence-corrected chi connectivity index (χ4v) is 16.3. The van der Waals surface area contributed by atoms with Gasteiger partial charge in [-0.25, -0.2) is 0 Å². The molecule has 0 N–H and O–H groups in total. The third-order valence-electron chi connectivity index (χ3n) is 19.1. The molecule has 2 spiro atoms. The minimum atomic E-state index is -0.617. The average Bonchev–Trinajstić information content (AvgIpc) is 2.87. The molecule has 2 nitrogen and oxygen atoms in total. The Balaban J connectivity index is 0.947. The van der Waals surface area contributed by atoms with Gasteiger partial charge in [0.05, 0.1) is 33.2 Å². The van der Waals surface area contributed by atoms with Gasteiger partial charge in [-0.2, -0.15) is 0 Å². The number of hydrogen-bond donors (Lipinski definition) is 0. The van der Waals surface area contributed by atoms with Crippen LogP contribution in [0.3, 0.4) is 0 Å². The van der Waals surface area contributed by atoms with E-state index in [2.05, 4.69) is 289 Å². The van der Waals surface area contributed by atoms with Crippen LogP contribution < -0.4 is 4.90 Å². The van der Waals surface area contributed by atoms with Gasteiger partial charge in [0.25, 0.3) is 0 Å². The van der Waals surface area contributed by atoms with Crippen LogP contribution in [0.4, 0.5) is 17.1 Å². The van der Waals surface area contributed by atoms with Crippen LogP contribution in [0, 0.1) is 0 Å². The van der Waals surface area contributed by atoms with Gasteiger partial charge in [0.15, 0.2) is 0 Å². The molecule has 0 saturated carbocycles. The summed E-state index contributed by atoms with van der Waals surface area (Å²) in [6, 6.07) is 106. The summed E-state index contributed by atoms with van der Waals surface area (Å²) in [5, 5.41) is 12.6. The Bertz CT molecular complexity index is 5200. The molecule has 3 aliphatic carbocycles. The van der Waals surface area contributed by atoms with Gasteiger partial charge in [0, 0.05) is 27.7 Å². The summed E-state index contributed by atoms with van der Waals surface area (Å²) in [5.74, 6) is 0. The molecule has 19 rings (SSSR count). The summed E-state index contributed by atoms with van der Waals surface area (Å²) >= 11 is 0. The molecule has 1 unspecified atom stereocenters. The van der Waals surface area contributed by atoms with E-state index >= 15 is 0 Å². The third kappa shape index (κ3) is 5.03. The van der Waals surface area contributed by atoms with Gasteiger partial charge in [-0.1, -0.05) is 237 Å². The zero-order chi connectivity index (χ0) is 52.0. The van der Waals surface area contributed by atoms with Crippen molar-refractivity contribution in [2.75, 3.05) is 4.90 Å². The second-order valence-electron chi connectivity index (χ2n) is 22.5. The summed E-state index contributed by atoms with van der Waals surface area (Å²) in [6.45, 7) is 0. The van der Waals surface area contributed by atoms with Gasteiger partial charge in [-0.15, -0.1) is 0 Å². The molecule has 0 bridgehead atoms. The van der Waals surface area contributed by atoms with Crippen LogP contribution in [0.1, 0.15) is 44.5 Å². The molecule has 0 radical (unpaired) electrons. The Morgan fingerprint density at radius 3 is 1.50 bits per heavy atom. The third-order valence-corrected chi connectivity index (χ3v) is 19.1. The molecule has 368 valence electrons. The smallest absolute Gasteiger partial charge is 0.0755 e. The van der Waals surface area contributed by atoms with Gasteiger partial charge < -0.3 is 9.47 Å². The van der Waals surface area contributed by atoms with Gasteiger partial charge in [0.1, 0.15) is 0 Å². The summed E-state index contributed by atoms with van der Waals surface area (Å²) in [6.07, 6.45) is 0. The molecule has 15 aromatic rings. The Morgan fingerprint density at radius 1 is 0.263 bits per heavy atom. The topological polar surface area (TPSA) is 8.17 Å². The molecule has 2 heterocycles. The van der Waals surface area contributed by atoms with Crippen LogP contribution in [0.15, 0.2) is 279 Å². The summed E-state index contributed by atoms with van der Waals surface area (Å²) < 4.78 is 2.54. The predicted molar refractivity (Wildman–Crippen MR) is 333 cm³/mol. The highest BCUT2D eigenvalue weighted by Crippen LogP contribution is 2.66. The highest BCUT2D eigenvalue weighted by Gasteiger charge is 2.54. The monoisotopic (exact) mass is 1010 g/mol. The Labute approximate surface area is 462 Å². The lowest BCUT2D eigenvalue weighted by Gasteiger charge is -2.39. The first-order valence-electron chi connectivity index (χ1n) is 28.1. The Morgan fingerprint density at radius 2 is 0.750 bits per heavy atom. The fourth-order valence-electron chi connectivity index (χ4n) is 16.3. The number of para-hydroxylation sites is 3.